The Kier molecular flexibility index (Phi) is 1.76. The zero-order chi connectivity index (χ0) is 7.56. The molecule has 0 spiro atoms. The molecule has 0 fully saturated rings. The molecule has 0 aliphatic carbocycles. The molecule has 0 saturated heterocycles. The molecule has 1 aliphatic rings. The lowest BCUT2D eigenvalue weighted by molar-refractivity contribution is -0.126. The normalized spacial score (nSPS) is 16.1. The molecule has 1 rings (SSSR count). The van der Waals surface area contributed by atoms with Gasteiger partial charge in [0, 0.05) is 19.3 Å². The number of hydrogen-bond acceptors (Lipinski definition) is 2. The summed E-state index contributed by atoms with van der Waals surface area (Å²) < 4.78 is 0. The minimum absolute atomic E-state index is 0.0561. The van der Waals surface area contributed by atoms with Gasteiger partial charge in [-0.1, -0.05) is 6.58 Å². The summed E-state index contributed by atoms with van der Waals surface area (Å²) in [5.74, 6) is 0.0561. The zero-order valence-corrected chi connectivity index (χ0v) is 5.95. The van der Waals surface area contributed by atoms with Gasteiger partial charge in [-0.05, 0) is 6.20 Å². The van der Waals surface area contributed by atoms with Gasteiger partial charge in [0.15, 0.2) is 0 Å². The smallest absolute Gasteiger partial charge is 0.224 e. The number of carbonyl (C=O) groups excluding carboxylic acids is 1. The zero-order valence-electron chi connectivity index (χ0n) is 5.95. The van der Waals surface area contributed by atoms with E-state index in [1.165, 1.54) is 6.92 Å². The van der Waals surface area contributed by atoms with Crippen molar-refractivity contribution in [2.45, 2.75) is 6.92 Å². The number of amides is 1. The van der Waals surface area contributed by atoms with E-state index in [0.717, 1.165) is 0 Å². The van der Waals surface area contributed by atoms with Gasteiger partial charge in [0.2, 0.25) is 5.91 Å². The van der Waals surface area contributed by atoms with Gasteiger partial charge in [-0.2, -0.15) is 0 Å². The van der Waals surface area contributed by atoms with Gasteiger partial charge in [0.25, 0.3) is 0 Å². The molecule has 0 bridgehead atoms. The van der Waals surface area contributed by atoms with E-state index in [9.17, 15) is 4.79 Å². The van der Waals surface area contributed by atoms with Gasteiger partial charge >= 0.3 is 0 Å². The fourth-order valence-electron chi connectivity index (χ4n) is 0.759. The summed E-state index contributed by atoms with van der Waals surface area (Å²) in [6.45, 7) is 5.71. The highest BCUT2D eigenvalue weighted by Gasteiger charge is 2.11. The van der Waals surface area contributed by atoms with E-state index in [4.69, 9.17) is 0 Å². The third-order valence-corrected chi connectivity index (χ3v) is 1.39. The second kappa shape index (κ2) is 2.56. The lowest BCUT2D eigenvalue weighted by Crippen LogP contribution is -2.25. The molecule has 1 heterocycles. The molecule has 0 aromatic rings. The average Bonchev–Trinajstić information content (AvgIpc) is 2.34. The van der Waals surface area contributed by atoms with Crippen LogP contribution in [0.2, 0.25) is 0 Å². The predicted molar refractivity (Wildman–Crippen MR) is 38.6 cm³/mol. The fraction of sp³-hybridized carbons (Fsp3) is 0.286. The van der Waals surface area contributed by atoms with Crippen molar-refractivity contribution in [2.24, 2.45) is 0 Å². The summed E-state index contributed by atoms with van der Waals surface area (Å²) in [6.07, 6.45) is 5.23. The van der Waals surface area contributed by atoms with Crippen molar-refractivity contribution < 1.29 is 4.79 Å². The van der Waals surface area contributed by atoms with Crippen LogP contribution in [0, 0.1) is 0 Å². The van der Waals surface area contributed by atoms with Gasteiger partial charge in [0.1, 0.15) is 6.67 Å². The first kappa shape index (κ1) is 6.86. The molecule has 54 valence electrons. The highest BCUT2D eigenvalue weighted by molar-refractivity contribution is 5.74. The summed E-state index contributed by atoms with van der Waals surface area (Å²) in [5, 5.41) is 0. The van der Waals surface area contributed by atoms with Crippen LogP contribution in [0.3, 0.4) is 0 Å². The van der Waals surface area contributed by atoms with Crippen molar-refractivity contribution in [3.63, 3.8) is 0 Å². The Balaban J connectivity index is 2.52. The topological polar surface area (TPSA) is 23.6 Å². The highest BCUT2D eigenvalue weighted by Crippen LogP contribution is 2.05. The number of hydrogen-bond donors (Lipinski definition) is 0. The Morgan fingerprint density at radius 3 is 2.70 bits per heavy atom. The van der Waals surface area contributed by atoms with Gasteiger partial charge in [-0.15, -0.1) is 0 Å². The maximum Gasteiger partial charge on any atom is 0.224 e. The standard InChI is InChI=1S/C7H10N2O/c1-3-8-4-5-9(6-8)7(2)10/h3-5H,1,6H2,2H3. The summed E-state index contributed by atoms with van der Waals surface area (Å²) in [6, 6.07) is 0. The van der Waals surface area contributed by atoms with Gasteiger partial charge in [-0.3, -0.25) is 9.69 Å². The van der Waals surface area contributed by atoms with Crippen molar-refractivity contribution in [3.8, 4) is 0 Å². The van der Waals surface area contributed by atoms with Crippen LogP contribution in [-0.4, -0.2) is 22.4 Å². The van der Waals surface area contributed by atoms with Crippen LogP contribution in [0.4, 0.5) is 0 Å². The van der Waals surface area contributed by atoms with E-state index in [0.29, 0.717) is 6.67 Å². The van der Waals surface area contributed by atoms with Crippen molar-refractivity contribution in [1.29, 1.82) is 0 Å². The van der Waals surface area contributed by atoms with E-state index < -0.39 is 0 Å². The van der Waals surface area contributed by atoms with Crippen LogP contribution in [0.1, 0.15) is 6.92 Å². The molecular weight excluding hydrogens is 128 g/mol. The Morgan fingerprint density at radius 1 is 1.70 bits per heavy atom. The Labute approximate surface area is 60.2 Å². The van der Waals surface area contributed by atoms with Crippen LogP contribution in [0.25, 0.3) is 0 Å². The fourth-order valence-corrected chi connectivity index (χ4v) is 0.759. The van der Waals surface area contributed by atoms with Crippen LogP contribution < -0.4 is 0 Å². The van der Waals surface area contributed by atoms with Crippen LogP contribution in [0.15, 0.2) is 25.2 Å². The van der Waals surface area contributed by atoms with Crippen molar-refractivity contribution >= 4 is 5.91 Å². The van der Waals surface area contributed by atoms with Crippen molar-refractivity contribution in [1.82, 2.24) is 9.80 Å². The second-order valence-corrected chi connectivity index (χ2v) is 2.13. The first-order valence-corrected chi connectivity index (χ1v) is 3.08. The summed E-state index contributed by atoms with van der Waals surface area (Å²) in [7, 11) is 0. The van der Waals surface area contributed by atoms with Gasteiger partial charge in [-0.25, -0.2) is 0 Å². The molecule has 3 nitrogen and oxygen atoms in total. The van der Waals surface area contributed by atoms with Crippen LogP contribution in [0.5, 0.6) is 0 Å². The number of carbonyl (C=O) groups is 1. The minimum Gasteiger partial charge on any atom is -0.335 e. The third-order valence-electron chi connectivity index (χ3n) is 1.39. The van der Waals surface area contributed by atoms with E-state index in [1.54, 1.807) is 17.3 Å². The second-order valence-electron chi connectivity index (χ2n) is 2.13. The van der Waals surface area contributed by atoms with Gasteiger partial charge in [0.05, 0.1) is 0 Å². The maximum absolute atomic E-state index is 10.7. The Hall–Kier alpha value is -1.25. The van der Waals surface area contributed by atoms with E-state index in [1.807, 2.05) is 11.1 Å². The van der Waals surface area contributed by atoms with E-state index in [2.05, 4.69) is 6.58 Å². The van der Waals surface area contributed by atoms with E-state index in [-0.39, 0.29) is 5.91 Å². The molecule has 1 aliphatic heterocycles. The molecule has 1 amide bonds. The SMILES string of the molecule is C=CN1C=CN(C(C)=O)C1. The predicted octanol–water partition coefficient (Wildman–Crippen LogP) is 0.723. The quantitative estimate of drug-likeness (QED) is 0.533. The average molecular weight is 138 g/mol. The molecular formula is C7H10N2O. The molecule has 0 aromatic heterocycles. The largest absolute Gasteiger partial charge is 0.335 e. The Morgan fingerprint density at radius 2 is 2.40 bits per heavy atom. The van der Waals surface area contributed by atoms with Gasteiger partial charge < -0.3 is 4.90 Å². The molecule has 10 heavy (non-hydrogen) atoms. The lowest BCUT2D eigenvalue weighted by atomic mass is 10.6. The highest BCUT2D eigenvalue weighted by atomic mass is 16.2. The first-order valence-electron chi connectivity index (χ1n) is 3.08. The monoisotopic (exact) mass is 138 g/mol. The van der Waals surface area contributed by atoms with Crippen molar-refractivity contribution in [3.05, 3.63) is 25.2 Å². The lowest BCUT2D eigenvalue weighted by Gasteiger charge is -2.13. The molecule has 0 N–H and O–H groups in total. The maximum atomic E-state index is 10.7. The minimum atomic E-state index is 0.0561. The number of rotatable bonds is 1. The molecule has 3 heteroatoms. The third kappa shape index (κ3) is 1.18. The summed E-state index contributed by atoms with van der Waals surface area (Å²) >= 11 is 0. The molecule has 0 atom stereocenters. The van der Waals surface area contributed by atoms with Crippen molar-refractivity contribution in [2.75, 3.05) is 6.67 Å². The summed E-state index contributed by atoms with van der Waals surface area (Å²) in [5.41, 5.74) is 0. The molecule has 0 aromatic carbocycles. The molecule has 0 saturated carbocycles. The molecule has 0 radical (unpaired) electrons. The Bertz CT molecular complexity index is 186. The van der Waals surface area contributed by atoms with E-state index >= 15 is 0 Å². The first-order chi connectivity index (χ1) is 4.74. The molecule has 0 unspecified atom stereocenters. The summed E-state index contributed by atoms with van der Waals surface area (Å²) in [4.78, 5) is 14.2. The van der Waals surface area contributed by atoms with Crippen LogP contribution >= 0.6 is 0 Å². The number of nitrogens with zero attached hydrogens (tertiary/aromatic N) is 2. The van der Waals surface area contributed by atoms with Crippen LogP contribution in [-0.2, 0) is 4.79 Å².